The van der Waals surface area contributed by atoms with Gasteiger partial charge in [0, 0.05) is 24.9 Å². The third-order valence-corrected chi connectivity index (χ3v) is 6.83. The van der Waals surface area contributed by atoms with Gasteiger partial charge in [-0.15, -0.1) is 0 Å². The maximum absolute atomic E-state index is 13.1. The van der Waals surface area contributed by atoms with Crippen LogP contribution in [0.5, 0.6) is 0 Å². The molecule has 0 radical (unpaired) electrons. The number of aromatic nitrogens is 2. The Bertz CT molecular complexity index is 1700. The van der Waals surface area contributed by atoms with E-state index < -0.39 is 26.8 Å². The van der Waals surface area contributed by atoms with Crippen LogP contribution in [-0.2, 0) is 10.0 Å². The van der Waals surface area contributed by atoms with Gasteiger partial charge in [0.1, 0.15) is 0 Å². The average molecular weight is 504 g/mol. The smallest absolute Gasteiger partial charge is 0.270 e. The predicted molar refractivity (Wildman–Crippen MR) is 130 cm³/mol. The summed E-state index contributed by atoms with van der Waals surface area (Å²) in [5, 5.41) is 14.1. The fraction of sp³-hybridized carbons (Fsp3) is 0.0435. The first-order valence-corrected chi connectivity index (χ1v) is 11.9. The Labute approximate surface area is 203 Å². The molecule has 4 aromatic rings. The van der Waals surface area contributed by atoms with Gasteiger partial charge >= 0.3 is 0 Å². The van der Waals surface area contributed by atoms with E-state index in [1.165, 1.54) is 37.4 Å². The number of para-hydroxylation sites is 2. The Hall–Kier alpha value is -4.91. The van der Waals surface area contributed by atoms with Gasteiger partial charge in [0.25, 0.3) is 27.5 Å². The molecule has 12 nitrogen and oxygen atoms in total. The van der Waals surface area contributed by atoms with Gasteiger partial charge in [0.2, 0.25) is 0 Å². The average Bonchev–Trinajstić information content (AvgIpc) is 3.07. The minimum atomic E-state index is -4.29. The highest BCUT2D eigenvalue weighted by Crippen LogP contribution is 2.30. The Morgan fingerprint density at radius 2 is 1.53 bits per heavy atom. The number of imide groups is 1. The second-order valence-electron chi connectivity index (χ2n) is 7.82. The minimum absolute atomic E-state index is 0.0211. The summed E-state index contributed by atoms with van der Waals surface area (Å²) in [7, 11) is -2.91. The van der Waals surface area contributed by atoms with Crippen molar-refractivity contribution in [2.24, 2.45) is 0 Å². The number of non-ortho nitro benzene ring substituents is 1. The van der Waals surface area contributed by atoms with Crippen LogP contribution >= 0.6 is 0 Å². The number of nitrogens with zero attached hydrogens (tertiary/aromatic N) is 4. The summed E-state index contributed by atoms with van der Waals surface area (Å²) >= 11 is 0. The molecule has 13 heteroatoms. The first-order chi connectivity index (χ1) is 17.1. The van der Waals surface area contributed by atoms with Crippen molar-refractivity contribution in [3.05, 3.63) is 88.0 Å². The van der Waals surface area contributed by atoms with E-state index in [0.29, 0.717) is 16.7 Å². The number of hydrogen-bond acceptors (Lipinski definition) is 9. The van der Waals surface area contributed by atoms with Gasteiger partial charge in [-0.2, -0.15) is 0 Å². The van der Waals surface area contributed by atoms with Gasteiger partial charge in [-0.3, -0.25) is 29.3 Å². The lowest BCUT2D eigenvalue weighted by atomic mass is 10.1. The van der Waals surface area contributed by atoms with Gasteiger partial charge in [-0.05, 0) is 36.4 Å². The molecule has 0 spiro atoms. The van der Waals surface area contributed by atoms with Crippen molar-refractivity contribution >= 4 is 55.9 Å². The summed E-state index contributed by atoms with van der Waals surface area (Å²) in [5.74, 6) is -1.03. The zero-order valence-corrected chi connectivity index (χ0v) is 19.3. The standard InChI is InChI=1S/C23H16N6O6S/c1-28-22(30)16-10-9-13(11-17(16)23(28)31)24-20-21(26-19-8-3-2-7-18(19)25-20)27-36(34,35)15-6-4-5-14(12-15)29(32)33/h2-12H,1H3,(H,24,25)(H,26,27). The van der Waals surface area contributed by atoms with Crippen LogP contribution in [0.2, 0.25) is 0 Å². The molecule has 1 aliphatic rings. The van der Waals surface area contributed by atoms with E-state index in [1.54, 1.807) is 30.3 Å². The number of benzene rings is 3. The maximum atomic E-state index is 13.1. The molecule has 0 saturated carbocycles. The lowest BCUT2D eigenvalue weighted by Crippen LogP contribution is -2.24. The van der Waals surface area contributed by atoms with Crippen LogP contribution in [0, 0.1) is 10.1 Å². The molecule has 0 saturated heterocycles. The number of hydrogen-bond donors (Lipinski definition) is 2. The van der Waals surface area contributed by atoms with E-state index in [-0.39, 0.29) is 33.3 Å². The van der Waals surface area contributed by atoms with E-state index in [4.69, 9.17) is 0 Å². The second kappa shape index (κ2) is 8.39. The number of anilines is 3. The number of nitrogens with one attached hydrogen (secondary N) is 2. The molecule has 0 bridgehead atoms. The molecular formula is C23H16N6O6S. The van der Waals surface area contributed by atoms with Crippen molar-refractivity contribution in [3.63, 3.8) is 0 Å². The van der Waals surface area contributed by atoms with Gasteiger partial charge in [-0.1, -0.05) is 18.2 Å². The second-order valence-corrected chi connectivity index (χ2v) is 9.51. The number of amides is 2. The first kappa shape index (κ1) is 22.9. The molecule has 36 heavy (non-hydrogen) atoms. The molecule has 5 rings (SSSR count). The third-order valence-electron chi connectivity index (χ3n) is 5.49. The SMILES string of the molecule is CN1C(=O)c2ccc(Nc3nc4ccccc4nc3NS(=O)(=O)c3cccc([N+](=O)[O-])c3)cc2C1=O. The quantitative estimate of drug-likeness (QED) is 0.228. The van der Waals surface area contributed by atoms with E-state index in [1.807, 2.05) is 0 Å². The summed E-state index contributed by atoms with van der Waals surface area (Å²) in [4.78, 5) is 44.5. The van der Waals surface area contributed by atoms with Gasteiger partial charge in [-0.25, -0.2) is 18.4 Å². The van der Waals surface area contributed by atoms with Crippen LogP contribution in [-0.4, -0.2) is 47.1 Å². The van der Waals surface area contributed by atoms with E-state index in [2.05, 4.69) is 20.0 Å². The summed E-state index contributed by atoms with van der Waals surface area (Å²) in [6.45, 7) is 0. The van der Waals surface area contributed by atoms with E-state index >= 15 is 0 Å². The lowest BCUT2D eigenvalue weighted by molar-refractivity contribution is -0.385. The monoisotopic (exact) mass is 504 g/mol. The molecule has 180 valence electrons. The molecule has 0 atom stereocenters. The molecule has 0 fully saturated rings. The summed E-state index contributed by atoms with van der Waals surface area (Å²) < 4.78 is 28.5. The van der Waals surface area contributed by atoms with Crippen molar-refractivity contribution in [2.75, 3.05) is 17.1 Å². The van der Waals surface area contributed by atoms with Crippen molar-refractivity contribution in [1.82, 2.24) is 14.9 Å². The maximum Gasteiger partial charge on any atom is 0.270 e. The summed E-state index contributed by atoms with van der Waals surface area (Å²) in [6.07, 6.45) is 0. The topological polar surface area (TPSA) is 164 Å². The zero-order chi connectivity index (χ0) is 25.6. The number of carbonyl (C=O) groups excluding carboxylic acids is 2. The molecule has 2 N–H and O–H groups in total. The van der Waals surface area contributed by atoms with Crippen LogP contribution in [0.1, 0.15) is 20.7 Å². The van der Waals surface area contributed by atoms with Gasteiger partial charge < -0.3 is 5.32 Å². The van der Waals surface area contributed by atoms with Crippen molar-refractivity contribution < 1.29 is 22.9 Å². The number of carbonyl (C=O) groups is 2. The van der Waals surface area contributed by atoms with Crippen LogP contribution in [0.15, 0.2) is 71.6 Å². The molecule has 1 aliphatic heterocycles. The largest absolute Gasteiger partial charge is 0.337 e. The van der Waals surface area contributed by atoms with Gasteiger partial charge in [0.15, 0.2) is 11.6 Å². The molecule has 2 amide bonds. The Kier molecular flexibility index (Phi) is 5.33. The molecule has 0 unspecified atom stereocenters. The first-order valence-electron chi connectivity index (χ1n) is 10.4. The summed E-state index contributed by atoms with van der Waals surface area (Å²) in [5.41, 5.74) is 1.29. The van der Waals surface area contributed by atoms with Crippen LogP contribution in [0.4, 0.5) is 23.0 Å². The zero-order valence-electron chi connectivity index (χ0n) is 18.5. The van der Waals surface area contributed by atoms with Crippen LogP contribution in [0.25, 0.3) is 11.0 Å². The number of rotatable bonds is 6. The normalized spacial score (nSPS) is 13.1. The van der Waals surface area contributed by atoms with E-state index in [0.717, 1.165) is 11.0 Å². The highest BCUT2D eigenvalue weighted by atomic mass is 32.2. The molecule has 2 heterocycles. The van der Waals surface area contributed by atoms with Crippen molar-refractivity contribution in [1.29, 1.82) is 0 Å². The fourth-order valence-electron chi connectivity index (χ4n) is 3.68. The number of fused-ring (bicyclic) bond motifs is 2. The fourth-order valence-corrected chi connectivity index (χ4v) is 4.73. The Morgan fingerprint density at radius 3 is 2.22 bits per heavy atom. The van der Waals surface area contributed by atoms with Gasteiger partial charge in [0.05, 0.1) is 32.0 Å². The Balaban J connectivity index is 1.56. The molecule has 0 aliphatic carbocycles. The third kappa shape index (κ3) is 3.96. The van der Waals surface area contributed by atoms with E-state index in [9.17, 15) is 28.1 Å². The van der Waals surface area contributed by atoms with Crippen LogP contribution in [0.3, 0.4) is 0 Å². The number of sulfonamides is 1. The highest BCUT2D eigenvalue weighted by Gasteiger charge is 2.33. The van der Waals surface area contributed by atoms with Crippen molar-refractivity contribution in [3.8, 4) is 0 Å². The number of nitro benzene ring substituents is 1. The predicted octanol–water partition coefficient (Wildman–Crippen LogP) is 3.31. The van der Waals surface area contributed by atoms with Crippen LogP contribution < -0.4 is 10.0 Å². The molecule has 3 aromatic carbocycles. The summed E-state index contributed by atoms with van der Waals surface area (Å²) in [6, 6.07) is 15.9. The Morgan fingerprint density at radius 1 is 0.861 bits per heavy atom. The van der Waals surface area contributed by atoms with Crippen molar-refractivity contribution in [2.45, 2.75) is 4.90 Å². The molecular weight excluding hydrogens is 488 g/mol. The highest BCUT2D eigenvalue weighted by molar-refractivity contribution is 7.92. The number of nitro groups is 1. The molecule has 1 aromatic heterocycles. The lowest BCUT2D eigenvalue weighted by Gasteiger charge is -2.14. The minimum Gasteiger partial charge on any atom is -0.337 e.